The SMILES string of the molecule is NS(=O)(=O)C1(CNCc2ccc(-n3cncn3)c(F)c2)CCC1. The lowest BCUT2D eigenvalue weighted by Gasteiger charge is -2.39. The maximum atomic E-state index is 14.1. The molecule has 9 heteroatoms. The molecule has 1 saturated carbocycles. The van der Waals surface area contributed by atoms with Crippen molar-refractivity contribution >= 4 is 10.0 Å². The summed E-state index contributed by atoms with van der Waals surface area (Å²) in [4.78, 5) is 3.78. The molecule has 1 heterocycles. The second-order valence-corrected chi connectivity index (χ2v) is 7.77. The van der Waals surface area contributed by atoms with Crippen LogP contribution in [0.1, 0.15) is 24.8 Å². The van der Waals surface area contributed by atoms with Gasteiger partial charge in [-0.25, -0.2) is 27.6 Å². The number of nitrogens with zero attached hydrogens (tertiary/aromatic N) is 3. The summed E-state index contributed by atoms with van der Waals surface area (Å²) in [6, 6.07) is 4.77. The highest BCUT2D eigenvalue weighted by atomic mass is 32.2. The van der Waals surface area contributed by atoms with Crippen LogP contribution in [0.25, 0.3) is 5.69 Å². The fourth-order valence-corrected chi connectivity index (χ4v) is 3.91. The van der Waals surface area contributed by atoms with Crippen LogP contribution in [0.2, 0.25) is 0 Å². The van der Waals surface area contributed by atoms with E-state index in [4.69, 9.17) is 5.14 Å². The Morgan fingerprint density at radius 3 is 2.70 bits per heavy atom. The molecule has 0 radical (unpaired) electrons. The van der Waals surface area contributed by atoms with E-state index in [9.17, 15) is 12.8 Å². The first-order valence-electron chi connectivity index (χ1n) is 7.28. The van der Waals surface area contributed by atoms with Gasteiger partial charge in [0.2, 0.25) is 10.0 Å². The standard InChI is InChI=1S/C14H18FN5O2S/c15-12-6-11(2-3-13(12)20-10-18-9-19-20)7-17-8-14(4-1-5-14)23(16,21)22/h2-3,6,9-10,17H,1,4-5,7-8H2,(H2,16,21,22). The molecule has 1 aliphatic carbocycles. The predicted molar refractivity (Wildman–Crippen MR) is 82.7 cm³/mol. The van der Waals surface area contributed by atoms with E-state index in [1.807, 2.05) is 0 Å². The first-order chi connectivity index (χ1) is 10.9. The summed E-state index contributed by atoms with van der Waals surface area (Å²) in [5, 5.41) is 12.3. The summed E-state index contributed by atoms with van der Waals surface area (Å²) in [7, 11) is -3.58. The summed E-state index contributed by atoms with van der Waals surface area (Å²) in [6.45, 7) is 0.643. The van der Waals surface area contributed by atoms with Gasteiger partial charge in [0.1, 0.15) is 24.2 Å². The molecule has 1 aliphatic rings. The van der Waals surface area contributed by atoms with E-state index in [-0.39, 0.29) is 6.54 Å². The molecule has 7 nitrogen and oxygen atoms in total. The quantitative estimate of drug-likeness (QED) is 0.807. The van der Waals surface area contributed by atoms with Crippen molar-refractivity contribution in [3.8, 4) is 5.69 Å². The van der Waals surface area contributed by atoms with Gasteiger partial charge in [0.25, 0.3) is 0 Å². The molecule has 0 atom stereocenters. The van der Waals surface area contributed by atoms with Crippen molar-refractivity contribution < 1.29 is 12.8 Å². The minimum atomic E-state index is -3.58. The summed E-state index contributed by atoms with van der Waals surface area (Å²) < 4.78 is 37.9. The summed E-state index contributed by atoms with van der Waals surface area (Å²) in [5.41, 5.74) is 1.03. The van der Waals surface area contributed by atoms with E-state index in [1.54, 1.807) is 12.1 Å². The summed E-state index contributed by atoms with van der Waals surface area (Å²) in [5.74, 6) is -0.417. The molecule has 23 heavy (non-hydrogen) atoms. The maximum absolute atomic E-state index is 14.1. The van der Waals surface area contributed by atoms with Crippen LogP contribution in [0.15, 0.2) is 30.9 Å². The number of sulfonamides is 1. The molecule has 2 aromatic rings. The number of nitrogens with two attached hydrogens (primary N) is 1. The first-order valence-corrected chi connectivity index (χ1v) is 8.82. The molecule has 0 spiro atoms. The topological polar surface area (TPSA) is 103 Å². The zero-order valence-electron chi connectivity index (χ0n) is 12.4. The molecule has 1 fully saturated rings. The fourth-order valence-electron chi connectivity index (χ4n) is 2.75. The fraction of sp³-hybridized carbons (Fsp3) is 0.429. The van der Waals surface area contributed by atoms with Crippen molar-refractivity contribution in [3.05, 3.63) is 42.2 Å². The summed E-state index contributed by atoms with van der Waals surface area (Å²) in [6.07, 6.45) is 4.75. The van der Waals surface area contributed by atoms with Gasteiger partial charge in [-0.15, -0.1) is 0 Å². The molecule has 124 valence electrons. The predicted octanol–water partition coefficient (Wildman–Crippen LogP) is 0.707. The van der Waals surface area contributed by atoms with E-state index >= 15 is 0 Å². The largest absolute Gasteiger partial charge is 0.311 e. The van der Waals surface area contributed by atoms with E-state index in [0.29, 0.717) is 25.1 Å². The number of halogens is 1. The minimum absolute atomic E-state index is 0.276. The van der Waals surface area contributed by atoms with E-state index in [1.165, 1.54) is 23.4 Å². The van der Waals surface area contributed by atoms with Crippen molar-refractivity contribution in [1.29, 1.82) is 0 Å². The van der Waals surface area contributed by atoms with E-state index in [2.05, 4.69) is 15.4 Å². The molecule has 1 aromatic heterocycles. The van der Waals surface area contributed by atoms with Crippen LogP contribution in [0.5, 0.6) is 0 Å². The van der Waals surface area contributed by atoms with Gasteiger partial charge in [0, 0.05) is 13.1 Å². The van der Waals surface area contributed by atoms with Gasteiger partial charge in [0.15, 0.2) is 0 Å². The number of nitrogens with one attached hydrogen (secondary N) is 1. The average Bonchev–Trinajstić information content (AvgIpc) is 2.94. The third-order valence-electron chi connectivity index (χ3n) is 4.32. The number of hydrogen-bond acceptors (Lipinski definition) is 5. The Hall–Kier alpha value is -1.84. The van der Waals surface area contributed by atoms with Crippen LogP contribution in [0.3, 0.4) is 0 Å². The highest BCUT2D eigenvalue weighted by Crippen LogP contribution is 2.37. The van der Waals surface area contributed by atoms with Crippen molar-refractivity contribution in [2.45, 2.75) is 30.6 Å². The monoisotopic (exact) mass is 339 g/mol. The Kier molecular flexibility index (Phi) is 4.17. The highest BCUT2D eigenvalue weighted by Gasteiger charge is 2.46. The van der Waals surface area contributed by atoms with Crippen LogP contribution in [-0.2, 0) is 16.6 Å². The normalized spacial score (nSPS) is 17.0. The van der Waals surface area contributed by atoms with Gasteiger partial charge < -0.3 is 5.32 Å². The third-order valence-corrected chi connectivity index (χ3v) is 6.08. The first kappa shape index (κ1) is 16.0. The van der Waals surface area contributed by atoms with E-state index in [0.717, 1.165) is 12.0 Å². The molecule has 0 saturated heterocycles. The highest BCUT2D eigenvalue weighted by molar-refractivity contribution is 7.90. The molecule has 1 aromatic carbocycles. The second kappa shape index (κ2) is 5.99. The number of rotatable bonds is 6. The number of benzene rings is 1. The molecule has 0 unspecified atom stereocenters. The molecule has 3 rings (SSSR count). The molecule has 0 aliphatic heterocycles. The Bertz CT molecular complexity index is 788. The van der Waals surface area contributed by atoms with Crippen molar-refractivity contribution in [2.24, 2.45) is 5.14 Å². The second-order valence-electron chi connectivity index (χ2n) is 5.81. The minimum Gasteiger partial charge on any atom is -0.311 e. The van der Waals surface area contributed by atoms with Gasteiger partial charge in [-0.2, -0.15) is 5.10 Å². The zero-order chi connectivity index (χ0) is 16.5. The van der Waals surface area contributed by atoms with Crippen LogP contribution < -0.4 is 10.5 Å². The van der Waals surface area contributed by atoms with Crippen LogP contribution >= 0.6 is 0 Å². The lowest BCUT2D eigenvalue weighted by molar-refractivity contribution is 0.321. The smallest absolute Gasteiger partial charge is 0.216 e. The summed E-state index contributed by atoms with van der Waals surface area (Å²) >= 11 is 0. The lowest BCUT2D eigenvalue weighted by atomic mass is 9.84. The number of aromatic nitrogens is 3. The molecular weight excluding hydrogens is 321 g/mol. The van der Waals surface area contributed by atoms with Crippen molar-refractivity contribution in [2.75, 3.05) is 6.54 Å². The Morgan fingerprint density at radius 2 is 2.17 bits per heavy atom. The molecule has 3 N–H and O–H groups in total. The van der Waals surface area contributed by atoms with Crippen molar-refractivity contribution in [1.82, 2.24) is 20.1 Å². The Labute approximate surface area is 133 Å². The maximum Gasteiger partial charge on any atom is 0.216 e. The Morgan fingerprint density at radius 1 is 1.39 bits per heavy atom. The molecular formula is C14H18FN5O2S. The van der Waals surface area contributed by atoms with Gasteiger partial charge in [0.05, 0.1) is 4.75 Å². The van der Waals surface area contributed by atoms with E-state index < -0.39 is 20.6 Å². The van der Waals surface area contributed by atoms with Crippen LogP contribution in [0, 0.1) is 5.82 Å². The van der Waals surface area contributed by atoms with Crippen LogP contribution in [-0.4, -0.2) is 34.5 Å². The van der Waals surface area contributed by atoms with Gasteiger partial charge in [-0.1, -0.05) is 12.5 Å². The van der Waals surface area contributed by atoms with Gasteiger partial charge in [-0.3, -0.25) is 0 Å². The number of hydrogen-bond donors (Lipinski definition) is 2. The van der Waals surface area contributed by atoms with Crippen LogP contribution in [0.4, 0.5) is 4.39 Å². The van der Waals surface area contributed by atoms with Gasteiger partial charge in [-0.05, 0) is 30.5 Å². The van der Waals surface area contributed by atoms with Crippen molar-refractivity contribution in [3.63, 3.8) is 0 Å². The lowest BCUT2D eigenvalue weighted by Crippen LogP contribution is -2.55. The zero-order valence-corrected chi connectivity index (χ0v) is 13.3. The number of primary sulfonamides is 1. The Balaban J connectivity index is 1.64. The molecule has 0 amide bonds. The third kappa shape index (κ3) is 3.12. The molecule has 0 bridgehead atoms. The van der Waals surface area contributed by atoms with Gasteiger partial charge >= 0.3 is 0 Å². The average molecular weight is 339 g/mol.